The Morgan fingerprint density at radius 3 is 2.28 bits per heavy atom. The summed E-state index contributed by atoms with van der Waals surface area (Å²) in [5, 5.41) is 7.27. The summed E-state index contributed by atoms with van der Waals surface area (Å²) < 4.78 is 38.1. The van der Waals surface area contributed by atoms with Crippen molar-refractivity contribution in [3.8, 4) is 11.3 Å². The molecule has 2 N–H and O–H groups in total. The van der Waals surface area contributed by atoms with Gasteiger partial charge in [-0.1, -0.05) is 12.1 Å². The first-order valence-electron chi connectivity index (χ1n) is 8.33. The highest BCUT2D eigenvalue weighted by molar-refractivity contribution is 7.14. The number of nitrogens with one attached hydrogen (secondary N) is 2. The van der Waals surface area contributed by atoms with Gasteiger partial charge in [0.25, 0.3) is 5.91 Å². The fourth-order valence-corrected chi connectivity index (χ4v) is 3.23. The van der Waals surface area contributed by atoms with E-state index in [1.165, 1.54) is 25.2 Å². The average molecular weight is 420 g/mol. The molecule has 0 radical (unpaired) electrons. The first-order valence-corrected chi connectivity index (χ1v) is 9.21. The molecule has 0 atom stereocenters. The zero-order chi connectivity index (χ0) is 21.2. The van der Waals surface area contributed by atoms with Crippen molar-refractivity contribution in [2.75, 3.05) is 10.6 Å². The lowest BCUT2D eigenvalue weighted by molar-refractivity contribution is -0.141. The Labute approximate surface area is 167 Å². The summed E-state index contributed by atoms with van der Waals surface area (Å²) in [5.41, 5.74) is 1.00. The molecule has 2 heterocycles. The van der Waals surface area contributed by atoms with E-state index >= 15 is 0 Å². The van der Waals surface area contributed by atoms with Gasteiger partial charge in [-0.2, -0.15) is 13.2 Å². The quantitative estimate of drug-likeness (QED) is 0.638. The summed E-state index contributed by atoms with van der Waals surface area (Å²) in [4.78, 5) is 31.2. The molecular formula is C19H15F3N4O2S. The van der Waals surface area contributed by atoms with E-state index < -0.39 is 17.8 Å². The number of carbonyl (C=O) groups is 2. The van der Waals surface area contributed by atoms with Gasteiger partial charge in [0.2, 0.25) is 5.91 Å². The highest BCUT2D eigenvalue weighted by Crippen LogP contribution is 2.29. The van der Waals surface area contributed by atoms with Gasteiger partial charge in [0, 0.05) is 23.6 Å². The number of aromatic nitrogens is 2. The van der Waals surface area contributed by atoms with E-state index in [9.17, 15) is 22.8 Å². The van der Waals surface area contributed by atoms with E-state index in [2.05, 4.69) is 20.6 Å². The minimum absolute atomic E-state index is 0.0253. The Morgan fingerprint density at radius 1 is 1.00 bits per heavy atom. The molecule has 0 unspecified atom stereocenters. The number of aryl methyl sites for hydroxylation is 1. The Hall–Kier alpha value is -3.27. The Balaban J connectivity index is 1.73. The van der Waals surface area contributed by atoms with E-state index in [0.717, 1.165) is 17.7 Å². The third-order valence-corrected chi connectivity index (χ3v) is 4.60. The zero-order valence-electron chi connectivity index (χ0n) is 15.3. The molecule has 1 aromatic carbocycles. The van der Waals surface area contributed by atoms with Crippen molar-refractivity contribution in [3.05, 3.63) is 58.7 Å². The zero-order valence-corrected chi connectivity index (χ0v) is 16.1. The van der Waals surface area contributed by atoms with Crippen molar-refractivity contribution in [1.82, 2.24) is 9.97 Å². The maximum Gasteiger partial charge on any atom is 0.433 e. The lowest BCUT2D eigenvalue weighted by Gasteiger charge is -2.09. The predicted octanol–water partition coefficient (Wildman–Crippen LogP) is 4.74. The SMILES string of the molecule is CC(=O)Nc1ccc(-c2csc(NC(=O)c3ccc(C(F)(F)F)nc3C)n2)cc1. The van der Waals surface area contributed by atoms with Crippen molar-refractivity contribution in [2.45, 2.75) is 20.0 Å². The van der Waals surface area contributed by atoms with Crippen LogP contribution in [0.5, 0.6) is 0 Å². The second kappa shape index (κ2) is 8.00. The van der Waals surface area contributed by atoms with Gasteiger partial charge in [-0.15, -0.1) is 11.3 Å². The van der Waals surface area contributed by atoms with Crippen molar-refractivity contribution in [1.29, 1.82) is 0 Å². The van der Waals surface area contributed by atoms with Gasteiger partial charge in [0.05, 0.1) is 17.0 Å². The molecule has 10 heteroatoms. The average Bonchev–Trinajstić information content (AvgIpc) is 3.09. The van der Waals surface area contributed by atoms with Crippen LogP contribution in [0.4, 0.5) is 24.0 Å². The number of halogens is 3. The van der Waals surface area contributed by atoms with Crippen molar-refractivity contribution < 1.29 is 22.8 Å². The van der Waals surface area contributed by atoms with Gasteiger partial charge < -0.3 is 5.32 Å². The third-order valence-electron chi connectivity index (χ3n) is 3.85. The molecule has 0 aliphatic rings. The molecule has 0 fully saturated rings. The molecule has 3 rings (SSSR count). The Kier molecular flexibility index (Phi) is 5.64. The van der Waals surface area contributed by atoms with Crippen molar-refractivity contribution in [3.63, 3.8) is 0 Å². The van der Waals surface area contributed by atoms with Crippen LogP contribution in [0.15, 0.2) is 41.8 Å². The van der Waals surface area contributed by atoms with Crippen LogP contribution >= 0.6 is 11.3 Å². The number of hydrogen-bond donors (Lipinski definition) is 2. The van der Waals surface area contributed by atoms with Gasteiger partial charge in [0.15, 0.2) is 5.13 Å². The molecule has 0 aliphatic heterocycles. The first kappa shape index (κ1) is 20.5. The number of alkyl halides is 3. The second-order valence-corrected chi connectivity index (χ2v) is 6.94. The molecule has 0 spiro atoms. The van der Waals surface area contributed by atoms with E-state index in [1.807, 2.05) is 0 Å². The Morgan fingerprint density at radius 2 is 1.69 bits per heavy atom. The van der Waals surface area contributed by atoms with E-state index in [0.29, 0.717) is 16.5 Å². The molecule has 6 nitrogen and oxygen atoms in total. The molecular weight excluding hydrogens is 405 g/mol. The molecule has 0 saturated heterocycles. The number of thiazole rings is 1. The number of carbonyl (C=O) groups excluding carboxylic acids is 2. The van der Waals surface area contributed by atoms with Crippen LogP contribution in [-0.2, 0) is 11.0 Å². The fourth-order valence-electron chi connectivity index (χ4n) is 2.51. The summed E-state index contributed by atoms with van der Waals surface area (Å²) in [5.74, 6) is -0.768. The summed E-state index contributed by atoms with van der Waals surface area (Å²) in [7, 11) is 0. The minimum Gasteiger partial charge on any atom is -0.326 e. The Bertz CT molecular complexity index is 1060. The molecule has 150 valence electrons. The van der Waals surface area contributed by atoms with E-state index in [4.69, 9.17) is 0 Å². The van der Waals surface area contributed by atoms with Crippen LogP contribution in [-0.4, -0.2) is 21.8 Å². The number of pyridine rings is 1. The van der Waals surface area contributed by atoms with Crippen LogP contribution in [0.25, 0.3) is 11.3 Å². The van der Waals surface area contributed by atoms with Crippen LogP contribution in [0.2, 0.25) is 0 Å². The standard InChI is InChI=1S/C19H15F3N4O2S/c1-10-14(7-8-16(23-10)19(20,21)22)17(28)26-18-25-15(9-29-18)12-3-5-13(6-4-12)24-11(2)27/h3-9H,1-2H3,(H,24,27)(H,25,26,28). The molecule has 0 saturated carbocycles. The smallest absolute Gasteiger partial charge is 0.326 e. The van der Waals surface area contributed by atoms with Crippen LogP contribution in [0.3, 0.4) is 0 Å². The summed E-state index contributed by atoms with van der Waals surface area (Å²) in [6, 6.07) is 8.87. The normalized spacial score (nSPS) is 11.2. The number of anilines is 2. The molecule has 2 aromatic heterocycles. The number of amides is 2. The molecule has 29 heavy (non-hydrogen) atoms. The number of rotatable bonds is 4. The number of nitrogens with zero attached hydrogens (tertiary/aromatic N) is 2. The first-order chi connectivity index (χ1) is 13.6. The predicted molar refractivity (Wildman–Crippen MR) is 104 cm³/mol. The molecule has 3 aromatic rings. The van der Waals surface area contributed by atoms with Crippen LogP contribution in [0.1, 0.15) is 28.7 Å². The number of hydrogen-bond acceptors (Lipinski definition) is 5. The van der Waals surface area contributed by atoms with E-state index in [-0.39, 0.29) is 17.2 Å². The van der Waals surface area contributed by atoms with Crippen LogP contribution < -0.4 is 10.6 Å². The molecule has 0 bridgehead atoms. The van der Waals surface area contributed by atoms with Gasteiger partial charge in [-0.25, -0.2) is 9.97 Å². The largest absolute Gasteiger partial charge is 0.433 e. The lowest BCUT2D eigenvalue weighted by Crippen LogP contribution is -2.16. The monoisotopic (exact) mass is 420 g/mol. The van der Waals surface area contributed by atoms with Gasteiger partial charge in [0.1, 0.15) is 5.69 Å². The maximum absolute atomic E-state index is 12.7. The van der Waals surface area contributed by atoms with Crippen molar-refractivity contribution in [2.24, 2.45) is 0 Å². The fraction of sp³-hybridized carbons (Fsp3) is 0.158. The maximum atomic E-state index is 12.7. The topological polar surface area (TPSA) is 84.0 Å². The lowest BCUT2D eigenvalue weighted by atomic mass is 10.1. The second-order valence-electron chi connectivity index (χ2n) is 6.08. The summed E-state index contributed by atoms with van der Waals surface area (Å²) >= 11 is 1.18. The summed E-state index contributed by atoms with van der Waals surface area (Å²) in [6.07, 6.45) is -4.57. The number of benzene rings is 1. The highest BCUT2D eigenvalue weighted by Gasteiger charge is 2.33. The summed E-state index contributed by atoms with van der Waals surface area (Å²) in [6.45, 7) is 2.76. The van der Waals surface area contributed by atoms with Gasteiger partial charge in [-0.3, -0.25) is 14.9 Å². The van der Waals surface area contributed by atoms with Crippen LogP contribution in [0, 0.1) is 6.92 Å². The van der Waals surface area contributed by atoms with E-state index in [1.54, 1.807) is 29.6 Å². The van der Waals surface area contributed by atoms with Gasteiger partial charge in [-0.05, 0) is 31.2 Å². The van der Waals surface area contributed by atoms with Gasteiger partial charge >= 0.3 is 6.18 Å². The van der Waals surface area contributed by atoms with Crippen molar-refractivity contribution >= 4 is 34.0 Å². The third kappa shape index (κ3) is 4.96. The molecule has 0 aliphatic carbocycles. The highest BCUT2D eigenvalue weighted by atomic mass is 32.1. The molecule has 2 amide bonds. The minimum atomic E-state index is -4.57.